The van der Waals surface area contributed by atoms with Crippen LogP contribution in [-0.2, 0) is 0 Å². The highest BCUT2D eigenvalue weighted by atomic mass is 16.1. The number of aromatic nitrogens is 3. The largest absolute Gasteiger partial charge is 0.369 e. The predicted octanol–water partition coefficient (Wildman–Crippen LogP) is 3.59. The molecule has 0 amide bonds. The van der Waals surface area contributed by atoms with Crippen LogP contribution in [0.15, 0.2) is 59.8 Å². The van der Waals surface area contributed by atoms with Crippen LogP contribution in [0.5, 0.6) is 0 Å². The van der Waals surface area contributed by atoms with Crippen molar-refractivity contribution < 1.29 is 0 Å². The molecule has 0 aliphatic carbocycles. The molecule has 0 saturated carbocycles. The quantitative estimate of drug-likeness (QED) is 0.586. The third kappa shape index (κ3) is 2.55. The van der Waals surface area contributed by atoms with E-state index in [2.05, 4.69) is 20.9 Å². The van der Waals surface area contributed by atoms with Crippen molar-refractivity contribution in [3.8, 4) is 6.07 Å². The van der Waals surface area contributed by atoms with Gasteiger partial charge in [0.15, 0.2) is 0 Å². The summed E-state index contributed by atoms with van der Waals surface area (Å²) in [6, 6.07) is 15.7. The first-order valence-electron chi connectivity index (χ1n) is 9.47. The van der Waals surface area contributed by atoms with Gasteiger partial charge in [-0.05, 0) is 43.2 Å². The van der Waals surface area contributed by atoms with Gasteiger partial charge in [-0.25, -0.2) is 4.98 Å². The minimum Gasteiger partial charge on any atom is -0.369 e. The summed E-state index contributed by atoms with van der Waals surface area (Å²) in [6.45, 7) is 1.67. The molecule has 4 aromatic rings. The second-order valence-corrected chi connectivity index (χ2v) is 7.23. The lowest BCUT2D eigenvalue weighted by molar-refractivity contribution is 0.395. The average Bonchev–Trinajstić information content (AvgIpc) is 3.24. The van der Waals surface area contributed by atoms with Gasteiger partial charge in [0.1, 0.15) is 6.07 Å². The highest BCUT2D eigenvalue weighted by Gasteiger charge is 2.24. The molecule has 5 rings (SSSR count). The fraction of sp³-hybridized carbons (Fsp3) is 0.227. The third-order valence-corrected chi connectivity index (χ3v) is 5.64. The number of para-hydroxylation sites is 1. The van der Waals surface area contributed by atoms with Crippen molar-refractivity contribution in [3.05, 3.63) is 70.9 Å². The Labute approximate surface area is 161 Å². The highest BCUT2D eigenvalue weighted by molar-refractivity contribution is 5.96. The third-order valence-electron chi connectivity index (χ3n) is 5.64. The Morgan fingerprint density at radius 1 is 1.14 bits per heavy atom. The maximum absolute atomic E-state index is 13.0. The number of hydrogen-bond acceptors (Lipinski definition) is 4. The summed E-state index contributed by atoms with van der Waals surface area (Å²) in [5, 5.41) is 11.0. The van der Waals surface area contributed by atoms with Gasteiger partial charge in [0.25, 0.3) is 5.56 Å². The molecule has 2 aromatic carbocycles. The molecule has 2 aromatic heterocycles. The second-order valence-electron chi connectivity index (χ2n) is 7.23. The van der Waals surface area contributed by atoms with E-state index in [0.29, 0.717) is 10.9 Å². The minimum atomic E-state index is 0.0177. The van der Waals surface area contributed by atoms with Gasteiger partial charge in [0.05, 0.1) is 34.4 Å². The number of benzene rings is 2. The van der Waals surface area contributed by atoms with Crippen molar-refractivity contribution in [1.29, 1.82) is 5.26 Å². The molecule has 1 fully saturated rings. The van der Waals surface area contributed by atoms with Crippen LogP contribution in [0.4, 0.5) is 5.69 Å². The van der Waals surface area contributed by atoms with Crippen LogP contribution in [0.25, 0.3) is 21.8 Å². The Morgan fingerprint density at radius 3 is 2.93 bits per heavy atom. The van der Waals surface area contributed by atoms with Gasteiger partial charge in [0, 0.05) is 30.4 Å². The molecule has 0 spiro atoms. The summed E-state index contributed by atoms with van der Waals surface area (Å²) in [4.78, 5) is 23.0. The molecule has 0 radical (unpaired) electrons. The maximum atomic E-state index is 13.0. The van der Waals surface area contributed by atoms with Gasteiger partial charge >= 0.3 is 0 Å². The van der Waals surface area contributed by atoms with E-state index in [1.807, 2.05) is 48.7 Å². The maximum Gasteiger partial charge on any atom is 0.261 e. The molecule has 0 unspecified atom stereocenters. The number of nitriles is 1. The number of nitrogens with zero attached hydrogens (tertiary/aromatic N) is 4. The van der Waals surface area contributed by atoms with Crippen LogP contribution in [0, 0.1) is 11.3 Å². The molecule has 6 nitrogen and oxygen atoms in total. The van der Waals surface area contributed by atoms with Crippen LogP contribution < -0.4 is 10.5 Å². The molecule has 1 aliphatic rings. The number of fused-ring (bicyclic) bond motifs is 2. The van der Waals surface area contributed by atoms with E-state index >= 15 is 0 Å². The molecule has 28 heavy (non-hydrogen) atoms. The van der Waals surface area contributed by atoms with Gasteiger partial charge in [0.2, 0.25) is 0 Å². The smallest absolute Gasteiger partial charge is 0.261 e. The lowest BCUT2D eigenvalue weighted by Crippen LogP contribution is -2.40. The molecule has 1 atom stereocenters. The van der Waals surface area contributed by atoms with Gasteiger partial charge in [-0.2, -0.15) is 5.26 Å². The highest BCUT2D eigenvalue weighted by Crippen LogP contribution is 2.32. The number of anilines is 1. The second kappa shape index (κ2) is 6.54. The summed E-state index contributed by atoms with van der Waals surface area (Å²) in [6.07, 6.45) is 5.50. The Kier molecular flexibility index (Phi) is 3.87. The van der Waals surface area contributed by atoms with Crippen LogP contribution >= 0.6 is 0 Å². The molecule has 1 aliphatic heterocycles. The average molecular weight is 369 g/mol. The predicted molar refractivity (Wildman–Crippen MR) is 110 cm³/mol. The van der Waals surface area contributed by atoms with E-state index in [-0.39, 0.29) is 11.6 Å². The first-order valence-corrected chi connectivity index (χ1v) is 9.47. The van der Waals surface area contributed by atoms with Crippen molar-refractivity contribution in [2.45, 2.75) is 18.9 Å². The normalized spacial score (nSPS) is 17.1. The zero-order valence-corrected chi connectivity index (χ0v) is 15.3. The Bertz CT molecular complexity index is 1280. The molecular weight excluding hydrogens is 350 g/mol. The lowest BCUT2D eigenvalue weighted by Gasteiger charge is -2.35. The van der Waals surface area contributed by atoms with Crippen molar-refractivity contribution >= 4 is 27.5 Å². The monoisotopic (exact) mass is 369 g/mol. The van der Waals surface area contributed by atoms with E-state index in [4.69, 9.17) is 0 Å². The standard InChI is InChI=1S/C22H19N5O/c23-12-15-7-8-20(18-9-10-24-21(15)18)26-11-3-4-16(13-26)27-14-25-19-6-2-1-5-17(19)22(27)28/h1-2,5-10,14,16,24H,3-4,11,13H2/t16-/m0/s1. The van der Waals surface area contributed by atoms with Crippen LogP contribution in [-0.4, -0.2) is 27.6 Å². The first-order chi connectivity index (χ1) is 13.8. The van der Waals surface area contributed by atoms with E-state index in [0.717, 1.165) is 48.0 Å². The molecule has 3 heterocycles. The van der Waals surface area contributed by atoms with Gasteiger partial charge in [-0.1, -0.05) is 12.1 Å². The van der Waals surface area contributed by atoms with Crippen LogP contribution in [0.3, 0.4) is 0 Å². The summed E-state index contributed by atoms with van der Waals surface area (Å²) >= 11 is 0. The van der Waals surface area contributed by atoms with Crippen molar-refractivity contribution in [2.75, 3.05) is 18.0 Å². The molecule has 1 N–H and O–H groups in total. The van der Waals surface area contributed by atoms with Gasteiger partial charge < -0.3 is 9.88 Å². The first kappa shape index (κ1) is 16.6. The Morgan fingerprint density at radius 2 is 2.04 bits per heavy atom. The SMILES string of the molecule is N#Cc1ccc(N2CCC[C@H](n3cnc4ccccc4c3=O)C2)c2cc[nH]c12. The van der Waals surface area contributed by atoms with E-state index in [9.17, 15) is 10.1 Å². The summed E-state index contributed by atoms with van der Waals surface area (Å²) in [5.74, 6) is 0. The summed E-state index contributed by atoms with van der Waals surface area (Å²) in [5.41, 5.74) is 3.36. The zero-order chi connectivity index (χ0) is 19.1. The van der Waals surface area contributed by atoms with Crippen molar-refractivity contribution in [2.24, 2.45) is 0 Å². The van der Waals surface area contributed by atoms with Gasteiger partial charge in [-0.15, -0.1) is 0 Å². The van der Waals surface area contributed by atoms with E-state index in [1.165, 1.54) is 0 Å². The molecule has 1 saturated heterocycles. The fourth-order valence-corrected chi connectivity index (χ4v) is 4.25. The Hall–Kier alpha value is -3.59. The van der Waals surface area contributed by atoms with Gasteiger partial charge in [-0.3, -0.25) is 9.36 Å². The van der Waals surface area contributed by atoms with E-state index < -0.39 is 0 Å². The minimum absolute atomic E-state index is 0.0177. The van der Waals surface area contributed by atoms with E-state index in [1.54, 1.807) is 10.9 Å². The lowest BCUT2D eigenvalue weighted by atomic mass is 10.0. The van der Waals surface area contributed by atoms with Crippen LogP contribution in [0.1, 0.15) is 24.4 Å². The fourth-order valence-electron chi connectivity index (χ4n) is 4.25. The zero-order valence-electron chi connectivity index (χ0n) is 15.3. The number of nitrogens with one attached hydrogen (secondary N) is 1. The Balaban J connectivity index is 1.53. The number of H-pyrrole nitrogens is 1. The number of hydrogen-bond donors (Lipinski definition) is 1. The van der Waals surface area contributed by atoms with Crippen molar-refractivity contribution in [3.63, 3.8) is 0 Å². The molecule has 0 bridgehead atoms. The molecular formula is C22H19N5O. The molecule has 6 heteroatoms. The summed E-state index contributed by atoms with van der Waals surface area (Å²) in [7, 11) is 0. The number of piperidine rings is 1. The number of aromatic amines is 1. The molecule has 138 valence electrons. The van der Waals surface area contributed by atoms with Crippen molar-refractivity contribution in [1.82, 2.24) is 14.5 Å². The summed E-state index contributed by atoms with van der Waals surface area (Å²) < 4.78 is 1.78. The topological polar surface area (TPSA) is 77.7 Å². The van der Waals surface area contributed by atoms with Crippen LogP contribution in [0.2, 0.25) is 0 Å². The number of rotatable bonds is 2.